The summed E-state index contributed by atoms with van der Waals surface area (Å²) in [5.41, 5.74) is 0.810. The number of ether oxygens (including phenoxy) is 1. The van der Waals surface area contributed by atoms with Gasteiger partial charge in [0.15, 0.2) is 5.69 Å². The summed E-state index contributed by atoms with van der Waals surface area (Å²) in [6, 6.07) is 11.5. The number of benzene rings is 1. The molecule has 0 bridgehead atoms. The standard InChI is InChI=1S/C17H13N3O4/c1-11(21)16-14(10-24-17(22)13-7-4-5-9-18-13)19-12-6-2-3-8-15(12)20(16)23/h2-9H,10H2,1H3. The predicted octanol–water partition coefficient (Wildman–Crippen LogP) is 1.82. The summed E-state index contributed by atoms with van der Waals surface area (Å²) < 4.78 is 5.66. The number of ketones is 1. The van der Waals surface area contributed by atoms with Gasteiger partial charge in [0.2, 0.25) is 11.3 Å². The Balaban J connectivity index is 1.95. The maximum atomic E-state index is 12.4. The van der Waals surface area contributed by atoms with Crippen molar-refractivity contribution in [2.75, 3.05) is 0 Å². The van der Waals surface area contributed by atoms with Crippen LogP contribution >= 0.6 is 0 Å². The molecule has 0 amide bonds. The molecular formula is C17H13N3O4. The van der Waals surface area contributed by atoms with Crippen molar-refractivity contribution in [1.82, 2.24) is 9.97 Å². The first kappa shape index (κ1) is 15.5. The van der Waals surface area contributed by atoms with E-state index < -0.39 is 11.8 Å². The molecule has 0 aliphatic carbocycles. The number of pyridine rings is 1. The van der Waals surface area contributed by atoms with Crippen LogP contribution in [0.1, 0.15) is 33.6 Å². The Kier molecular flexibility index (Phi) is 4.15. The third-order valence-electron chi connectivity index (χ3n) is 3.38. The molecule has 7 nitrogen and oxygen atoms in total. The number of Topliss-reactive ketones (excluding diaryl/α,β-unsaturated/α-hetero) is 1. The SMILES string of the molecule is CC(=O)c1c(COC(=O)c2ccccn2)nc2ccccc2[n+]1[O-]. The van der Waals surface area contributed by atoms with Crippen molar-refractivity contribution >= 4 is 22.8 Å². The van der Waals surface area contributed by atoms with E-state index in [2.05, 4.69) is 9.97 Å². The van der Waals surface area contributed by atoms with Crippen LogP contribution in [0.15, 0.2) is 48.7 Å². The zero-order valence-corrected chi connectivity index (χ0v) is 12.8. The molecule has 24 heavy (non-hydrogen) atoms. The highest BCUT2D eigenvalue weighted by molar-refractivity contribution is 5.93. The monoisotopic (exact) mass is 323 g/mol. The van der Waals surface area contributed by atoms with E-state index in [1.54, 1.807) is 36.4 Å². The van der Waals surface area contributed by atoms with Crippen molar-refractivity contribution in [1.29, 1.82) is 0 Å². The molecule has 120 valence electrons. The summed E-state index contributed by atoms with van der Waals surface area (Å²) in [6.45, 7) is 0.974. The maximum Gasteiger partial charge on any atom is 0.357 e. The molecule has 2 heterocycles. The minimum atomic E-state index is -0.655. The van der Waals surface area contributed by atoms with Gasteiger partial charge in [0.25, 0.3) is 5.69 Å². The Bertz CT molecular complexity index is 926. The summed E-state index contributed by atoms with van der Waals surface area (Å²) >= 11 is 0. The quantitative estimate of drug-likeness (QED) is 0.314. The number of para-hydroxylation sites is 2. The highest BCUT2D eigenvalue weighted by Gasteiger charge is 2.24. The number of aromatic nitrogens is 3. The number of esters is 1. The summed E-state index contributed by atoms with van der Waals surface area (Å²) in [5, 5.41) is 12.4. The van der Waals surface area contributed by atoms with Gasteiger partial charge in [-0.1, -0.05) is 18.2 Å². The van der Waals surface area contributed by atoms with Crippen molar-refractivity contribution in [3.8, 4) is 0 Å². The van der Waals surface area contributed by atoms with Gasteiger partial charge in [0.1, 0.15) is 17.8 Å². The molecule has 0 atom stereocenters. The van der Waals surface area contributed by atoms with E-state index in [1.165, 1.54) is 19.2 Å². The van der Waals surface area contributed by atoms with Gasteiger partial charge in [-0.15, -0.1) is 0 Å². The molecule has 3 rings (SSSR count). The molecule has 0 saturated heterocycles. The van der Waals surface area contributed by atoms with Crippen molar-refractivity contribution in [2.45, 2.75) is 13.5 Å². The molecule has 0 N–H and O–H groups in total. The Labute approximate surface area is 137 Å². The number of nitrogens with zero attached hydrogens (tertiary/aromatic N) is 3. The molecule has 3 aromatic rings. The number of carbonyl (C=O) groups excluding carboxylic acids is 2. The van der Waals surface area contributed by atoms with E-state index in [0.717, 1.165) is 0 Å². The fourth-order valence-electron chi connectivity index (χ4n) is 2.30. The number of hydrogen-bond acceptors (Lipinski definition) is 6. The van der Waals surface area contributed by atoms with Crippen molar-refractivity contribution in [3.05, 3.63) is 71.0 Å². The van der Waals surface area contributed by atoms with Crippen LogP contribution in [0.2, 0.25) is 0 Å². The predicted molar refractivity (Wildman–Crippen MR) is 84.1 cm³/mol. The lowest BCUT2D eigenvalue weighted by molar-refractivity contribution is -0.580. The fraction of sp³-hybridized carbons (Fsp3) is 0.118. The van der Waals surface area contributed by atoms with Crippen molar-refractivity contribution in [3.63, 3.8) is 0 Å². The number of carbonyl (C=O) groups is 2. The van der Waals surface area contributed by atoms with E-state index in [1.807, 2.05) is 0 Å². The Hall–Kier alpha value is -3.35. The molecule has 0 aliphatic heterocycles. The summed E-state index contributed by atoms with van der Waals surface area (Å²) in [7, 11) is 0. The van der Waals surface area contributed by atoms with E-state index in [9.17, 15) is 14.8 Å². The molecule has 0 fully saturated rings. The summed E-state index contributed by atoms with van der Waals surface area (Å²) in [6.07, 6.45) is 1.47. The van der Waals surface area contributed by atoms with Gasteiger partial charge in [-0.2, -0.15) is 4.73 Å². The zero-order chi connectivity index (χ0) is 17.1. The van der Waals surface area contributed by atoms with E-state index >= 15 is 0 Å². The minimum Gasteiger partial charge on any atom is -0.618 e. The molecule has 2 aromatic heterocycles. The first-order chi connectivity index (χ1) is 11.6. The molecule has 0 radical (unpaired) electrons. The summed E-state index contributed by atoms with van der Waals surface area (Å²) in [5.74, 6) is -1.11. The van der Waals surface area contributed by atoms with E-state index in [4.69, 9.17) is 4.74 Å². The van der Waals surface area contributed by atoms with Gasteiger partial charge in [0, 0.05) is 19.2 Å². The lowest BCUT2D eigenvalue weighted by atomic mass is 10.2. The lowest BCUT2D eigenvalue weighted by Crippen LogP contribution is -2.37. The molecule has 0 saturated carbocycles. The molecule has 0 aliphatic rings. The molecule has 7 heteroatoms. The van der Waals surface area contributed by atoms with Crippen LogP contribution in [-0.4, -0.2) is 21.7 Å². The third-order valence-corrected chi connectivity index (χ3v) is 3.38. The highest BCUT2D eigenvalue weighted by Crippen LogP contribution is 2.13. The Morgan fingerprint density at radius 3 is 2.62 bits per heavy atom. The first-order valence-corrected chi connectivity index (χ1v) is 7.18. The Morgan fingerprint density at radius 2 is 1.92 bits per heavy atom. The number of hydrogen-bond donors (Lipinski definition) is 0. The van der Waals surface area contributed by atoms with Gasteiger partial charge < -0.3 is 9.94 Å². The van der Waals surface area contributed by atoms with Crippen LogP contribution in [0.4, 0.5) is 0 Å². The lowest BCUT2D eigenvalue weighted by Gasteiger charge is -2.10. The van der Waals surface area contributed by atoms with E-state index in [-0.39, 0.29) is 29.2 Å². The molecule has 0 unspecified atom stereocenters. The summed E-state index contributed by atoms with van der Waals surface area (Å²) in [4.78, 5) is 32.0. The number of rotatable bonds is 4. The topological polar surface area (TPSA) is 96.1 Å². The third kappa shape index (κ3) is 2.91. The molecular weight excluding hydrogens is 310 g/mol. The second-order valence-electron chi connectivity index (χ2n) is 5.04. The normalized spacial score (nSPS) is 10.5. The van der Waals surface area contributed by atoms with Gasteiger partial charge in [-0.25, -0.2) is 14.8 Å². The minimum absolute atomic E-state index is 0.112. The van der Waals surface area contributed by atoms with Crippen LogP contribution in [-0.2, 0) is 11.3 Å². The van der Waals surface area contributed by atoms with Crippen molar-refractivity contribution in [2.24, 2.45) is 0 Å². The second kappa shape index (κ2) is 6.41. The van der Waals surface area contributed by atoms with E-state index in [0.29, 0.717) is 10.2 Å². The van der Waals surface area contributed by atoms with Crippen LogP contribution < -0.4 is 4.73 Å². The number of fused-ring (bicyclic) bond motifs is 1. The Morgan fingerprint density at radius 1 is 1.17 bits per heavy atom. The molecule has 0 spiro atoms. The average Bonchev–Trinajstić information content (AvgIpc) is 2.60. The van der Waals surface area contributed by atoms with Crippen molar-refractivity contribution < 1.29 is 19.1 Å². The van der Waals surface area contributed by atoms with Gasteiger partial charge in [0.05, 0.1) is 0 Å². The maximum absolute atomic E-state index is 12.4. The average molecular weight is 323 g/mol. The van der Waals surface area contributed by atoms with Crippen LogP contribution in [0.3, 0.4) is 0 Å². The van der Waals surface area contributed by atoms with Crippen LogP contribution in [0, 0.1) is 5.21 Å². The van der Waals surface area contributed by atoms with Crippen LogP contribution in [0.25, 0.3) is 11.0 Å². The van der Waals surface area contributed by atoms with Crippen LogP contribution in [0.5, 0.6) is 0 Å². The van der Waals surface area contributed by atoms with Gasteiger partial charge >= 0.3 is 5.97 Å². The highest BCUT2D eigenvalue weighted by atomic mass is 16.5. The largest absolute Gasteiger partial charge is 0.618 e. The van der Waals surface area contributed by atoms with Gasteiger partial charge in [-0.3, -0.25) is 4.79 Å². The first-order valence-electron chi connectivity index (χ1n) is 7.18. The van der Waals surface area contributed by atoms with Gasteiger partial charge in [-0.05, 0) is 18.2 Å². The zero-order valence-electron chi connectivity index (χ0n) is 12.8. The fourth-order valence-corrected chi connectivity index (χ4v) is 2.30. The molecule has 1 aromatic carbocycles. The second-order valence-corrected chi connectivity index (χ2v) is 5.04. The smallest absolute Gasteiger partial charge is 0.357 e.